The van der Waals surface area contributed by atoms with Crippen molar-refractivity contribution in [3.05, 3.63) is 103 Å². The quantitative estimate of drug-likeness (QED) is 0.225. The van der Waals surface area contributed by atoms with Crippen LogP contribution in [-0.2, 0) is 4.79 Å². The maximum absolute atomic E-state index is 13.3. The Hall–Kier alpha value is -4.07. The van der Waals surface area contributed by atoms with E-state index >= 15 is 0 Å². The van der Waals surface area contributed by atoms with Crippen molar-refractivity contribution >= 4 is 46.1 Å². The molecule has 4 rings (SSSR count). The summed E-state index contributed by atoms with van der Waals surface area (Å²) in [7, 11) is 0. The van der Waals surface area contributed by atoms with E-state index < -0.39 is 23.3 Å². The lowest BCUT2D eigenvalue weighted by Gasteiger charge is -2.21. The monoisotopic (exact) mass is 561 g/mol. The molecule has 0 saturated carbocycles. The number of hydrogen-bond donors (Lipinski definition) is 1. The van der Waals surface area contributed by atoms with Crippen LogP contribution in [0.25, 0.3) is 6.08 Å². The number of aromatic nitrogens is 1. The molecule has 1 fully saturated rings. The van der Waals surface area contributed by atoms with Gasteiger partial charge >= 0.3 is 0 Å². The van der Waals surface area contributed by atoms with Gasteiger partial charge in [0.05, 0.1) is 16.5 Å². The number of aromatic hydroxyl groups is 1. The number of pyridine rings is 1. The molecule has 3 aromatic rings. The van der Waals surface area contributed by atoms with Gasteiger partial charge in [-0.15, -0.1) is 0 Å². The maximum atomic E-state index is 13.3. The maximum Gasteiger partial charge on any atom is 0.272 e. The number of carbonyl (C=O) groups excluding carboxylic acids is 2. The van der Waals surface area contributed by atoms with Crippen LogP contribution < -0.4 is 5.56 Å². The molecular formula is C29H24FN3O4S2. The Bertz CT molecular complexity index is 1590. The predicted octanol–water partition coefficient (Wildman–Crippen LogP) is 5.35. The van der Waals surface area contributed by atoms with Gasteiger partial charge in [0.25, 0.3) is 11.5 Å². The Kier molecular flexibility index (Phi) is 8.43. The van der Waals surface area contributed by atoms with Crippen LogP contribution in [0.5, 0.6) is 5.88 Å². The smallest absolute Gasteiger partial charge is 0.272 e. The predicted molar refractivity (Wildman–Crippen MR) is 152 cm³/mol. The standard InChI is InChI=1S/C29H24FN3O4S2/c1-17-22(16-31)26(35)33(18(2)20-7-4-3-5-8-20)28(37)25(17)23(34)9-6-14-32-27(36)24(39-29(32)38)15-19-10-12-21(30)13-11-19/h3-5,7-8,10-13,15,18,37H,6,9,14H2,1-2H3/b24-15-. The number of halogens is 1. The fraction of sp³-hybridized carbons (Fsp3) is 0.207. The van der Waals surface area contributed by atoms with Crippen LogP contribution >= 0.6 is 24.0 Å². The molecule has 0 aliphatic carbocycles. The number of ketones is 1. The zero-order valence-electron chi connectivity index (χ0n) is 21.2. The fourth-order valence-corrected chi connectivity index (χ4v) is 5.73. The summed E-state index contributed by atoms with van der Waals surface area (Å²) < 4.78 is 14.6. The van der Waals surface area contributed by atoms with Crippen LogP contribution in [0.15, 0.2) is 64.3 Å². The average molecular weight is 562 g/mol. The fourth-order valence-electron chi connectivity index (χ4n) is 4.42. The van der Waals surface area contributed by atoms with Gasteiger partial charge in [-0.2, -0.15) is 5.26 Å². The number of carbonyl (C=O) groups is 2. The number of thioether (sulfide) groups is 1. The highest BCUT2D eigenvalue weighted by Crippen LogP contribution is 2.33. The summed E-state index contributed by atoms with van der Waals surface area (Å²) >= 11 is 6.48. The van der Waals surface area contributed by atoms with E-state index in [0.717, 1.165) is 21.9 Å². The van der Waals surface area contributed by atoms with E-state index in [1.165, 1.54) is 24.0 Å². The first-order valence-corrected chi connectivity index (χ1v) is 13.3. The van der Waals surface area contributed by atoms with Crippen molar-refractivity contribution in [2.24, 2.45) is 0 Å². The molecule has 0 radical (unpaired) electrons. The number of amides is 1. The van der Waals surface area contributed by atoms with Gasteiger partial charge in [-0.3, -0.25) is 23.9 Å². The Balaban J connectivity index is 1.53. The van der Waals surface area contributed by atoms with Crippen molar-refractivity contribution in [3.8, 4) is 11.9 Å². The number of Topliss-reactive ketones (excluding diaryl/α,β-unsaturated/α-hetero) is 1. The van der Waals surface area contributed by atoms with Crippen molar-refractivity contribution in [2.75, 3.05) is 6.54 Å². The lowest BCUT2D eigenvalue weighted by molar-refractivity contribution is -0.122. The molecule has 39 heavy (non-hydrogen) atoms. The van der Waals surface area contributed by atoms with E-state index in [4.69, 9.17) is 12.2 Å². The molecule has 0 spiro atoms. The Morgan fingerprint density at radius 3 is 2.49 bits per heavy atom. The molecule has 2 aromatic carbocycles. The van der Waals surface area contributed by atoms with Gasteiger partial charge in [0.2, 0.25) is 5.88 Å². The molecule has 1 aliphatic rings. The third-order valence-corrected chi connectivity index (χ3v) is 7.90. The molecule has 10 heteroatoms. The lowest BCUT2D eigenvalue weighted by atomic mass is 9.98. The van der Waals surface area contributed by atoms with Crippen LogP contribution in [0.1, 0.15) is 58.4 Å². The third-order valence-electron chi connectivity index (χ3n) is 6.52. The minimum Gasteiger partial charge on any atom is -0.494 e. The van der Waals surface area contributed by atoms with Crippen LogP contribution in [0, 0.1) is 24.1 Å². The minimum absolute atomic E-state index is 0.0503. The van der Waals surface area contributed by atoms with Crippen LogP contribution in [0.4, 0.5) is 4.39 Å². The second kappa shape index (κ2) is 11.8. The number of hydrogen-bond acceptors (Lipinski definition) is 7. The molecule has 2 heterocycles. The number of rotatable bonds is 8. The van der Waals surface area contributed by atoms with E-state index in [-0.39, 0.29) is 47.8 Å². The molecule has 7 nitrogen and oxygen atoms in total. The summed E-state index contributed by atoms with van der Waals surface area (Å²) in [5, 5.41) is 20.7. The molecule has 1 aliphatic heterocycles. The molecule has 1 aromatic heterocycles. The first-order chi connectivity index (χ1) is 18.6. The van der Waals surface area contributed by atoms with E-state index in [0.29, 0.717) is 14.8 Å². The van der Waals surface area contributed by atoms with E-state index in [9.17, 15) is 29.1 Å². The summed E-state index contributed by atoms with van der Waals surface area (Å²) in [4.78, 5) is 41.0. The second-order valence-electron chi connectivity index (χ2n) is 8.98. The van der Waals surface area contributed by atoms with Crippen LogP contribution in [0.3, 0.4) is 0 Å². The summed E-state index contributed by atoms with van der Waals surface area (Å²) in [6.45, 7) is 3.34. The molecule has 198 valence electrons. The molecule has 1 saturated heterocycles. The van der Waals surface area contributed by atoms with E-state index in [2.05, 4.69) is 0 Å². The highest BCUT2D eigenvalue weighted by Gasteiger charge is 2.32. The Morgan fingerprint density at radius 2 is 1.85 bits per heavy atom. The Labute approximate surface area is 234 Å². The van der Waals surface area contributed by atoms with Crippen molar-refractivity contribution in [1.82, 2.24) is 9.47 Å². The molecule has 1 atom stereocenters. The topological polar surface area (TPSA) is 103 Å². The van der Waals surface area contributed by atoms with Gasteiger partial charge in [0, 0.05) is 13.0 Å². The lowest BCUT2D eigenvalue weighted by Crippen LogP contribution is -2.30. The summed E-state index contributed by atoms with van der Waals surface area (Å²) in [6.07, 6.45) is 1.82. The van der Waals surface area contributed by atoms with Gasteiger partial charge < -0.3 is 5.11 Å². The highest BCUT2D eigenvalue weighted by atomic mass is 32.2. The van der Waals surface area contributed by atoms with Gasteiger partial charge in [-0.1, -0.05) is 66.4 Å². The number of nitriles is 1. The van der Waals surface area contributed by atoms with E-state index in [1.807, 2.05) is 12.1 Å². The molecule has 0 bridgehead atoms. The summed E-state index contributed by atoms with van der Waals surface area (Å²) in [5.74, 6) is -1.64. The highest BCUT2D eigenvalue weighted by molar-refractivity contribution is 8.26. The molecule has 1 amide bonds. The number of nitrogens with zero attached hydrogens (tertiary/aromatic N) is 3. The largest absolute Gasteiger partial charge is 0.494 e. The van der Waals surface area contributed by atoms with Gasteiger partial charge in [-0.05, 0) is 55.2 Å². The van der Waals surface area contributed by atoms with Gasteiger partial charge in [-0.25, -0.2) is 4.39 Å². The van der Waals surface area contributed by atoms with Gasteiger partial charge in [0.1, 0.15) is 21.8 Å². The van der Waals surface area contributed by atoms with Crippen molar-refractivity contribution < 1.29 is 19.1 Å². The normalized spacial score (nSPS) is 15.0. The molecule has 1 unspecified atom stereocenters. The van der Waals surface area contributed by atoms with Crippen molar-refractivity contribution in [1.29, 1.82) is 5.26 Å². The second-order valence-corrected chi connectivity index (χ2v) is 10.7. The Morgan fingerprint density at radius 1 is 1.18 bits per heavy atom. The first kappa shape index (κ1) is 28.0. The average Bonchev–Trinajstić information content (AvgIpc) is 3.18. The van der Waals surface area contributed by atoms with E-state index in [1.54, 1.807) is 49.4 Å². The number of benzene rings is 2. The zero-order chi connectivity index (χ0) is 28.3. The van der Waals surface area contributed by atoms with Gasteiger partial charge in [0.15, 0.2) is 5.78 Å². The zero-order valence-corrected chi connectivity index (χ0v) is 22.8. The third kappa shape index (κ3) is 5.70. The molecular weight excluding hydrogens is 537 g/mol. The minimum atomic E-state index is -0.675. The van der Waals surface area contributed by atoms with Crippen molar-refractivity contribution in [3.63, 3.8) is 0 Å². The van der Waals surface area contributed by atoms with Crippen LogP contribution in [-0.4, -0.2) is 37.1 Å². The van der Waals surface area contributed by atoms with Crippen molar-refractivity contribution in [2.45, 2.75) is 32.7 Å². The summed E-state index contributed by atoms with van der Waals surface area (Å²) in [5.41, 5.74) is 0.535. The number of thiocarbonyl (C=S) groups is 1. The molecule has 1 N–H and O–H groups in total. The first-order valence-electron chi connectivity index (χ1n) is 12.1. The SMILES string of the molecule is Cc1c(C(=O)CCCN2C(=O)/C(=C/c3ccc(F)cc3)SC2=S)c(O)n(C(C)c2ccccc2)c(=O)c1C#N. The summed E-state index contributed by atoms with van der Waals surface area (Å²) in [6, 6.07) is 16.0. The van der Waals surface area contributed by atoms with Crippen LogP contribution in [0.2, 0.25) is 0 Å².